The second kappa shape index (κ2) is 21.9. The SMILES string of the molecule is COC(=O)C(C)(OC(F)(F)C(C)(OC(F)(F)C(C)(C)C(F)(F)F)C(F)(F)F)C(F)(F)F.COC(=O)C(C)(OC(F)(F)C(C)(OC(F)(F)C(F)(F)OC(C)(C(F)(F)F)C(F)(F)OC(C)(C(=O)OC)C(F)(F)F)C(F)(F)F)C(F)(F)F. The van der Waals surface area contributed by atoms with Crippen molar-refractivity contribution >= 4 is 17.9 Å². The Morgan fingerprint density at radius 2 is 0.392 bits per heavy atom. The number of alkyl halides is 33. The summed E-state index contributed by atoms with van der Waals surface area (Å²) in [6, 6.07) is 0. The molecule has 12 nitrogen and oxygen atoms in total. The summed E-state index contributed by atoms with van der Waals surface area (Å²) in [5.74, 6) is -8.80. The number of methoxy groups -OCH3 is 3. The molecule has 0 heterocycles. The minimum atomic E-state index is -7.80. The van der Waals surface area contributed by atoms with Gasteiger partial charge in [0.25, 0.3) is 33.6 Å². The minimum absolute atomic E-state index is 0.0149. The first kappa shape index (κ1) is 76.9. The number of halogens is 33. The van der Waals surface area contributed by atoms with Crippen LogP contribution in [-0.2, 0) is 57.0 Å². The molecule has 0 N–H and O–H groups in total. The summed E-state index contributed by atoms with van der Waals surface area (Å²) >= 11 is 0. The minimum Gasteiger partial charge on any atom is -0.467 e. The summed E-state index contributed by atoms with van der Waals surface area (Å²) in [5, 5.41) is 0. The quantitative estimate of drug-likeness (QED) is 0.0652. The van der Waals surface area contributed by atoms with Crippen LogP contribution < -0.4 is 0 Å². The van der Waals surface area contributed by atoms with Crippen molar-refractivity contribution < 1.29 is 202 Å². The van der Waals surface area contributed by atoms with Gasteiger partial charge in [-0.15, -0.1) is 0 Å². The van der Waals surface area contributed by atoms with E-state index >= 15 is 0 Å². The van der Waals surface area contributed by atoms with E-state index in [0.29, 0.717) is 0 Å². The molecule has 0 spiro atoms. The molecular formula is C34H33F33O12. The number of carbonyl (C=O) groups excluding carboxylic acids is 3. The van der Waals surface area contributed by atoms with Crippen molar-refractivity contribution in [3.05, 3.63) is 0 Å². The summed E-state index contributed by atoms with van der Waals surface area (Å²) in [7, 11) is 0.172. The van der Waals surface area contributed by atoms with Gasteiger partial charge in [0.1, 0.15) is 0 Å². The predicted molar refractivity (Wildman–Crippen MR) is 179 cm³/mol. The molecule has 0 aliphatic rings. The summed E-state index contributed by atoms with van der Waals surface area (Å²) in [6.07, 6.45) is -89.4. The average Bonchev–Trinajstić information content (AvgIpc) is 3.18. The molecule has 0 aromatic carbocycles. The molecule has 0 aliphatic heterocycles. The van der Waals surface area contributed by atoms with Gasteiger partial charge in [0.15, 0.2) is 5.41 Å². The van der Waals surface area contributed by atoms with E-state index in [-0.39, 0.29) is 21.3 Å². The average molecular weight is 1260 g/mol. The fourth-order valence-corrected chi connectivity index (χ4v) is 4.32. The second-order valence-electron chi connectivity index (χ2n) is 16.5. The van der Waals surface area contributed by atoms with E-state index in [1.807, 2.05) is 0 Å². The first-order valence-electron chi connectivity index (χ1n) is 18.9. The number of ether oxygens (including phenoxy) is 9. The zero-order chi connectivity index (χ0) is 65.1. The van der Waals surface area contributed by atoms with Crippen LogP contribution in [0.15, 0.2) is 0 Å². The molecule has 0 aliphatic carbocycles. The van der Waals surface area contributed by atoms with Crippen molar-refractivity contribution in [3.8, 4) is 0 Å². The third kappa shape index (κ3) is 14.2. The first-order valence-corrected chi connectivity index (χ1v) is 18.9. The van der Waals surface area contributed by atoms with Crippen LogP contribution in [0.2, 0.25) is 0 Å². The standard InChI is InChI=1S/C20H18F20O8.C14H15F13O4/c1-9(7(41)43-5,13(21,22)23)45-17(33,34)11(3,15(27,28)29)47-19(37,38)20(39,40)48-12(4,16(30,31)32)18(35,36)46-10(2,8(42)44-6)14(24,25)26;1-7(2,10(15,16)17)13(24,25)31-9(4,12(21,22)23)14(26,27)30-8(3,6(28)29-5)11(18,19)20/h1-6H3;1-5H3. The molecule has 472 valence electrons. The Balaban J connectivity index is 0. The van der Waals surface area contributed by atoms with Crippen LogP contribution in [0.25, 0.3) is 0 Å². The molecule has 0 aromatic rings. The molecule has 0 amide bonds. The van der Waals surface area contributed by atoms with Gasteiger partial charge in [-0.05, 0) is 55.4 Å². The summed E-state index contributed by atoms with van der Waals surface area (Å²) in [5.41, 5.74) is -39.1. The molecule has 0 fully saturated rings. The van der Waals surface area contributed by atoms with Crippen LogP contribution in [0, 0.1) is 5.41 Å². The maximum absolute atomic E-state index is 14.7. The maximum Gasteiger partial charge on any atom is 0.449 e. The molecule has 0 saturated heterocycles. The van der Waals surface area contributed by atoms with Crippen molar-refractivity contribution in [1.29, 1.82) is 0 Å². The van der Waals surface area contributed by atoms with Gasteiger partial charge in [0.2, 0.25) is 0 Å². The number of carbonyl (C=O) groups is 3. The lowest BCUT2D eigenvalue weighted by Gasteiger charge is -2.45. The molecule has 0 radical (unpaired) electrons. The van der Waals surface area contributed by atoms with E-state index < -0.39 is 192 Å². The van der Waals surface area contributed by atoms with Crippen LogP contribution in [0.4, 0.5) is 145 Å². The zero-order valence-corrected chi connectivity index (χ0v) is 39.9. The molecule has 0 rings (SSSR count). The molecular weight excluding hydrogens is 1230 g/mol. The van der Waals surface area contributed by atoms with Crippen LogP contribution in [0.1, 0.15) is 55.4 Å². The van der Waals surface area contributed by atoms with Gasteiger partial charge in [-0.1, -0.05) is 0 Å². The molecule has 45 heteroatoms. The highest BCUT2D eigenvalue weighted by atomic mass is 19.4. The Hall–Kier alpha value is -4.14. The molecule has 6 atom stereocenters. The Morgan fingerprint density at radius 1 is 0.228 bits per heavy atom. The van der Waals surface area contributed by atoms with Crippen LogP contribution in [0.5, 0.6) is 0 Å². The Labute approximate surface area is 416 Å². The lowest BCUT2D eigenvalue weighted by atomic mass is 9.90. The van der Waals surface area contributed by atoms with E-state index in [9.17, 15) is 159 Å². The summed E-state index contributed by atoms with van der Waals surface area (Å²) in [4.78, 5) is 34.2. The smallest absolute Gasteiger partial charge is 0.449 e. The van der Waals surface area contributed by atoms with Gasteiger partial charge >= 0.3 is 97.8 Å². The highest BCUT2D eigenvalue weighted by molar-refractivity contribution is 5.81. The largest absolute Gasteiger partial charge is 0.467 e. The Morgan fingerprint density at radius 3 is 0.519 bits per heavy atom. The van der Waals surface area contributed by atoms with Gasteiger partial charge in [0.05, 0.1) is 21.3 Å². The van der Waals surface area contributed by atoms with E-state index in [1.54, 1.807) is 0 Å². The van der Waals surface area contributed by atoms with Gasteiger partial charge in [-0.25, -0.2) is 14.4 Å². The van der Waals surface area contributed by atoms with E-state index in [1.165, 1.54) is 0 Å². The lowest BCUT2D eigenvalue weighted by molar-refractivity contribution is -0.547. The molecule has 0 saturated carbocycles. The monoisotopic (exact) mass is 1260 g/mol. The highest BCUT2D eigenvalue weighted by Crippen LogP contribution is 2.59. The van der Waals surface area contributed by atoms with Crippen molar-refractivity contribution in [2.75, 3.05) is 21.3 Å². The Kier molecular flexibility index (Phi) is 21.3. The van der Waals surface area contributed by atoms with Gasteiger partial charge in [-0.2, -0.15) is 145 Å². The Bertz CT molecular complexity index is 2040. The second-order valence-corrected chi connectivity index (χ2v) is 16.5. The van der Waals surface area contributed by atoms with Gasteiger partial charge < -0.3 is 14.2 Å². The van der Waals surface area contributed by atoms with E-state index in [4.69, 9.17) is 0 Å². The summed E-state index contributed by atoms with van der Waals surface area (Å²) < 4.78 is 478. The van der Waals surface area contributed by atoms with Crippen LogP contribution >= 0.6 is 0 Å². The summed E-state index contributed by atoms with van der Waals surface area (Å²) in [6.45, 7) is -6.91. The fraction of sp³-hybridized carbons (Fsp3) is 0.912. The topological polar surface area (TPSA) is 134 Å². The number of rotatable bonds is 20. The highest BCUT2D eigenvalue weighted by Gasteiger charge is 2.84. The van der Waals surface area contributed by atoms with E-state index in [0.717, 1.165) is 0 Å². The molecule has 0 aromatic heterocycles. The normalized spacial score (nSPS) is 19.4. The lowest BCUT2D eigenvalue weighted by Crippen LogP contribution is -2.70. The van der Waals surface area contributed by atoms with Crippen LogP contribution in [-0.4, -0.2) is 153 Å². The zero-order valence-electron chi connectivity index (χ0n) is 39.9. The predicted octanol–water partition coefficient (Wildman–Crippen LogP) is 12.7. The third-order valence-corrected chi connectivity index (χ3v) is 10.4. The van der Waals surface area contributed by atoms with E-state index in [2.05, 4.69) is 42.6 Å². The maximum atomic E-state index is 14.7. The van der Waals surface area contributed by atoms with Gasteiger partial charge in [0, 0.05) is 0 Å². The van der Waals surface area contributed by atoms with Crippen LogP contribution in [0.3, 0.4) is 0 Å². The van der Waals surface area contributed by atoms with Gasteiger partial charge in [-0.3, -0.25) is 28.4 Å². The number of hydrogen-bond donors (Lipinski definition) is 0. The molecule has 6 unspecified atom stereocenters. The van der Waals surface area contributed by atoms with Crippen molar-refractivity contribution in [2.24, 2.45) is 5.41 Å². The molecule has 0 bridgehead atoms. The molecule has 79 heavy (non-hydrogen) atoms. The first-order chi connectivity index (χ1) is 33.7. The number of esters is 3. The van der Waals surface area contributed by atoms with Crippen molar-refractivity contribution in [3.63, 3.8) is 0 Å². The van der Waals surface area contributed by atoms with Crippen molar-refractivity contribution in [1.82, 2.24) is 0 Å². The fourth-order valence-electron chi connectivity index (χ4n) is 4.32. The van der Waals surface area contributed by atoms with Crippen molar-refractivity contribution in [2.45, 2.75) is 169 Å². The third-order valence-electron chi connectivity index (χ3n) is 10.4. The number of hydrogen-bond acceptors (Lipinski definition) is 12.